The average molecular weight is 449 g/mol. The van der Waals surface area contributed by atoms with Crippen molar-refractivity contribution >= 4 is 46.8 Å². The van der Waals surface area contributed by atoms with Gasteiger partial charge in [0.2, 0.25) is 11.8 Å². The lowest BCUT2D eigenvalue weighted by atomic mass is 10.1. The number of nitrogens with zero attached hydrogens (tertiary/aromatic N) is 2. The molecule has 0 aromatic heterocycles. The van der Waals surface area contributed by atoms with E-state index in [0.29, 0.717) is 42.6 Å². The van der Waals surface area contributed by atoms with Crippen LogP contribution in [0.3, 0.4) is 0 Å². The summed E-state index contributed by atoms with van der Waals surface area (Å²) in [4.78, 5) is 29.1. The highest BCUT2D eigenvalue weighted by molar-refractivity contribution is 7.99. The number of halogens is 2. The monoisotopic (exact) mass is 448 g/mol. The number of piperazine rings is 1. The van der Waals surface area contributed by atoms with Crippen molar-refractivity contribution in [3.8, 4) is 0 Å². The molecule has 7 heteroatoms. The minimum atomic E-state index is -0.0230. The van der Waals surface area contributed by atoms with E-state index < -0.39 is 0 Å². The molecule has 1 saturated heterocycles. The van der Waals surface area contributed by atoms with Crippen LogP contribution in [0.1, 0.15) is 12.5 Å². The van der Waals surface area contributed by atoms with Crippen molar-refractivity contribution in [3.63, 3.8) is 0 Å². The van der Waals surface area contributed by atoms with E-state index in [4.69, 9.17) is 23.2 Å². The predicted octanol–water partition coefficient (Wildman–Crippen LogP) is 4.93. The number of benzene rings is 2. The Morgan fingerprint density at radius 1 is 0.966 bits per heavy atom. The molecule has 1 aliphatic heterocycles. The van der Waals surface area contributed by atoms with E-state index in [1.54, 1.807) is 22.8 Å². The molecule has 0 bridgehead atoms. The van der Waals surface area contributed by atoms with Crippen LogP contribution < -0.4 is 0 Å². The number of hydrogen-bond donors (Lipinski definition) is 0. The molecule has 0 N–H and O–H groups in total. The van der Waals surface area contributed by atoms with E-state index in [1.165, 1.54) is 11.8 Å². The Kier molecular flexibility index (Phi) is 7.64. The third-order valence-corrected chi connectivity index (χ3v) is 6.72. The molecule has 2 aromatic rings. The zero-order valence-corrected chi connectivity index (χ0v) is 18.4. The first-order chi connectivity index (χ1) is 13.9. The van der Waals surface area contributed by atoms with Crippen molar-refractivity contribution in [2.75, 3.05) is 26.2 Å². The lowest BCUT2D eigenvalue weighted by Gasteiger charge is -2.33. The van der Waals surface area contributed by atoms with E-state index >= 15 is 0 Å². The molecular formula is C22H22Cl2N2O2S. The van der Waals surface area contributed by atoms with Gasteiger partial charge in [-0.1, -0.05) is 59.2 Å². The molecule has 1 fully saturated rings. The van der Waals surface area contributed by atoms with Crippen molar-refractivity contribution in [2.24, 2.45) is 0 Å². The van der Waals surface area contributed by atoms with Crippen LogP contribution in [0.15, 0.2) is 64.4 Å². The van der Waals surface area contributed by atoms with Crippen LogP contribution >= 0.6 is 35.0 Å². The molecule has 2 amide bonds. The van der Waals surface area contributed by atoms with Crippen LogP contribution in [0.25, 0.3) is 0 Å². The highest BCUT2D eigenvalue weighted by Crippen LogP contribution is 2.37. The van der Waals surface area contributed by atoms with Crippen molar-refractivity contribution in [3.05, 3.63) is 70.2 Å². The van der Waals surface area contributed by atoms with E-state index in [1.807, 2.05) is 48.5 Å². The number of carbonyl (C=O) groups is 2. The van der Waals surface area contributed by atoms with Crippen molar-refractivity contribution in [1.82, 2.24) is 9.80 Å². The predicted molar refractivity (Wildman–Crippen MR) is 119 cm³/mol. The van der Waals surface area contributed by atoms with Gasteiger partial charge in [-0.2, -0.15) is 0 Å². The Hall–Kier alpha value is -1.95. The van der Waals surface area contributed by atoms with Gasteiger partial charge < -0.3 is 9.80 Å². The quantitative estimate of drug-likeness (QED) is 0.608. The van der Waals surface area contributed by atoms with E-state index in [9.17, 15) is 9.59 Å². The van der Waals surface area contributed by atoms with Gasteiger partial charge in [-0.15, -0.1) is 0 Å². The summed E-state index contributed by atoms with van der Waals surface area (Å²) in [7, 11) is 0. The van der Waals surface area contributed by atoms with Crippen molar-refractivity contribution in [1.29, 1.82) is 0 Å². The molecule has 0 radical (unpaired) electrons. The highest BCUT2D eigenvalue weighted by atomic mass is 35.5. The lowest BCUT2D eigenvalue weighted by molar-refractivity contribution is -0.135. The third kappa shape index (κ3) is 6.01. The molecule has 4 nitrogen and oxygen atoms in total. The van der Waals surface area contributed by atoms with Crippen molar-refractivity contribution < 1.29 is 9.59 Å². The van der Waals surface area contributed by atoms with Crippen LogP contribution in [0.4, 0.5) is 0 Å². The van der Waals surface area contributed by atoms with Gasteiger partial charge in [-0.3, -0.25) is 9.59 Å². The van der Waals surface area contributed by atoms with Crippen LogP contribution in [-0.2, 0) is 16.0 Å². The second-order valence-corrected chi connectivity index (χ2v) is 8.63. The number of amides is 2. The molecule has 29 heavy (non-hydrogen) atoms. The minimum absolute atomic E-state index is 0.0230. The van der Waals surface area contributed by atoms with Crippen LogP contribution in [0, 0.1) is 0 Å². The van der Waals surface area contributed by atoms with E-state index in [-0.39, 0.29) is 11.8 Å². The maximum atomic E-state index is 12.3. The summed E-state index contributed by atoms with van der Waals surface area (Å²) in [6, 6.07) is 13.6. The van der Waals surface area contributed by atoms with Gasteiger partial charge in [0.15, 0.2) is 0 Å². The number of hydrogen-bond acceptors (Lipinski definition) is 3. The standard InChI is InChI=1S/C22H22Cl2N2O2S/c1-16(27)25-11-13-26(14-12-25)22(28)8-4-5-17-9-10-21(19(24)15-17)29-20-7-3-2-6-18(20)23/h2-4,6-10,15H,5,11-14H2,1H3/b8-4+. The fraction of sp³-hybridized carbons (Fsp3) is 0.273. The Bertz CT molecular complexity index is 925. The molecule has 0 atom stereocenters. The first-order valence-corrected chi connectivity index (χ1v) is 10.9. The zero-order valence-electron chi connectivity index (χ0n) is 16.1. The van der Waals surface area contributed by atoms with Gasteiger partial charge in [0, 0.05) is 42.9 Å². The summed E-state index contributed by atoms with van der Waals surface area (Å²) in [6.07, 6.45) is 4.08. The fourth-order valence-corrected chi connectivity index (χ4v) is 4.45. The highest BCUT2D eigenvalue weighted by Gasteiger charge is 2.20. The molecule has 3 rings (SSSR count). The Balaban J connectivity index is 1.54. The van der Waals surface area contributed by atoms with E-state index in [2.05, 4.69) is 0 Å². The maximum Gasteiger partial charge on any atom is 0.246 e. The Morgan fingerprint density at radius 3 is 2.28 bits per heavy atom. The smallest absolute Gasteiger partial charge is 0.246 e. The topological polar surface area (TPSA) is 40.6 Å². The second-order valence-electron chi connectivity index (χ2n) is 6.74. The molecule has 0 aliphatic carbocycles. The SMILES string of the molecule is CC(=O)N1CCN(C(=O)/C=C/Cc2ccc(Sc3ccccc3Cl)c(Cl)c2)CC1. The summed E-state index contributed by atoms with van der Waals surface area (Å²) in [5.41, 5.74) is 1.03. The zero-order chi connectivity index (χ0) is 20.8. The van der Waals surface area contributed by atoms with Gasteiger partial charge >= 0.3 is 0 Å². The molecular weight excluding hydrogens is 427 g/mol. The molecule has 0 unspecified atom stereocenters. The number of allylic oxidation sites excluding steroid dienone is 1. The Labute approximate surface area is 185 Å². The van der Waals surface area contributed by atoms with Gasteiger partial charge in [0.1, 0.15) is 0 Å². The van der Waals surface area contributed by atoms with Gasteiger partial charge in [0.05, 0.1) is 10.0 Å². The van der Waals surface area contributed by atoms with Gasteiger partial charge in [-0.05, 0) is 42.3 Å². The van der Waals surface area contributed by atoms with Crippen molar-refractivity contribution in [2.45, 2.75) is 23.1 Å². The Morgan fingerprint density at radius 2 is 1.62 bits per heavy atom. The molecule has 1 heterocycles. The summed E-state index contributed by atoms with van der Waals surface area (Å²) in [6.45, 7) is 3.88. The average Bonchev–Trinajstić information content (AvgIpc) is 2.71. The number of carbonyl (C=O) groups excluding carboxylic acids is 2. The number of rotatable bonds is 5. The van der Waals surface area contributed by atoms with Gasteiger partial charge in [-0.25, -0.2) is 0 Å². The second kappa shape index (κ2) is 10.2. The molecule has 0 saturated carbocycles. The summed E-state index contributed by atoms with van der Waals surface area (Å²) in [5.74, 6) is 0.0332. The normalized spacial score (nSPS) is 14.4. The third-order valence-electron chi connectivity index (χ3n) is 4.70. The summed E-state index contributed by atoms with van der Waals surface area (Å²) >= 11 is 14.2. The first-order valence-electron chi connectivity index (χ1n) is 9.36. The molecule has 1 aliphatic rings. The van der Waals surface area contributed by atoms with E-state index in [0.717, 1.165) is 15.4 Å². The summed E-state index contributed by atoms with van der Waals surface area (Å²) < 4.78 is 0. The fourth-order valence-electron chi connectivity index (χ4n) is 3.04. The van der Waals surface area contributed by atoms with Gasteiger partial charge in [0.25, 0.3) is 0 Å². The molecule has 2 aromatic carbocycles. The van der Waals surface area contributed by atoms with Crippen LogP contribution in [0.5, 0.6) is 0 Å². The largest absolute Gasteiger partial charge is 0.339 e. The minimum Gasteiger partial charge on any atom is -0.339 e. The van der Waals surface area contributed by atoms with Crippen LogP contribution in [0.2, 0.25) is 10.0 Å². The maximum absolute atomic E-state index is 12.3. The molecule has 0 spiro atoms. The lowest BCUT2D eigenvalue weighted by Crippen LogP contribution is -2.49. The molecule has 152 valence electrons. The first kappa shape index (κ1) is 21.8. The summed E-state index contributed by atoms with van der Waals surface area (Å²) in [5, 5.41) is 1.36. The van der Waals surface area contributed by atoms with Crippen LogP contribution in [-0.4, -0.2) is 47.8 Å².